The van der Waals surface area contributed by atoms with Gasteiger partial charge in [0, 0.05) is 28.8 Å². The van der Waals surface area contributed by atoms with Crippen molar-refractivity contribution in [3.05, 3.63) is 89.5 Å². The molecule has 1 aliphatic rings. The number of benzene rings is 3. The van der Waals surface area contributed by atoms with Gasteiger partial charge in [0.25, 0.3) is 11.2 Å². The van der Waals surface area contributed by atoms with E-state index in [1.165, 1.54) is 36.4 Å². The third-order valence-electron chi connectivity index (χ3n) is 7.59. The number of ketones is 3. The number of hydrogen-bond acceptors (Lipinski definition) is 11. The minimum Gasteiger partial charge on any atom is -0.496 e. The SMILES string of the molecule is COc1cc(OC)c([C@H]2CCN(C)CC2=O)c(OC)c1.O=C(O)[C@](O)(C(=O)c1ccccc1)[C@](O)(C(=O)O)C(=O)c1ccccc1. The highest BCUT2D eigenvalue weighted by Crippen LogP contribution is 2.42. The number of methoxy groups -OCH3 is 3. The van der Waals surface area contributed by atoms with Crippen LogP contribution in [0.2, 0.25) is 0 Å². The second-order valence-corrected chi connectivity index (χ2v) is 10.4. The van der Waals surface area contributed by atoms with Gasteiger partial charge in [0.2, 0.25) is 11.6 Å². The number of nitrogens with zero attached hydrogens (tertiary/aromatic N) is 1. The summed E-state index contributed by atoms with van der Waals surface area (Å²) in [6, 6.07) is 16.4. The smallest absolute Gasteiger partial charge is 0.348 e. The second-order valence-electron chi connectivity index (χ2n) is 10.4. The van der Waals surface area contributed by atoms with Crippen LogP contribution < -0.4 is 14.2 Å². The number of carboxylic acid groups (broad SMARTS) is 2. The number of rotatable bonds is 11. The maximum Gasteiger partial charge on any atom is 0.348 e. The molecule has 244 valence electrons. The van der Waals surface area contributed by atoms with Crippen LogP contribution in [0.25, 0.3) is 0 Å². The quantitative estimate of drug-likeness (QED) is 0.176. The van der Waals surface area contributed by atoms with Gasteiger partial charge < -0.3 is 34.6 Å². The molecular formula is C33H35NO12. The minimum absolute atomic E-state index is 0.179. The molecule has 1 saturated heterocycles. The summed E-state index contributed by atoms with van der Waals surface area (Å²) in [7, 11) is 6.74. The molecule has 13 nitrogen and oxygen atoms in total. The molecule has 1 aliphatic heterocycles. The Kier molecular flexibility index (Phi) is 11.4. The van der Waals surface area contributed by atoms with Crippen LogP contribution in [0, 0.1) is 0 Å². The van der Waals surface area contributed by atoms with Crippen LogP contribution in [0.15, 0.2) is 72.8 Å². The molecule has 1 fully saturated rings. The predicted octanol–water partition coefficient (Wildman–Crippen LogP) is 2.08. The number of aliphatic hydroxyl groups is 2. The zero-order chi connectivity index (χ0) is 34.2. The van der Waals surface area contributed by atoms with E-state index in [-0.39, 0.29) is 11.7 Å². The van der Waals surface area contributed by atoms with Crippen LogP contribution in [0.3, 0.4) is 0 Å². The van der Waals surface area contributed by atoms with Crippen molar-refractivity contribution in [2.24, 2.45) is 0 Å². The van der Waals surface area contributed by atoms with Crippen molar-refractivity contribution < 1.29 is 58.6 Å². The van der Waals surface area contributed by atoms with Crippen LogP contribution in [0.4, 0.5) is 0 Å². The van der Waals surface area contributed by atoms with E-state index in [0.717, 1.165) is 42.8 Å². The Morgan fingerprint density at radius 2 is 1.15 bits per heavy atom. The number of Topliss-reactive ketones (excluding diaryl/α,β-unsaturated/α-hetero) is 3. The molecule has 46 heavy (non-hydrogen) atoms. The summed E-state index contributed by atoms with van der Waals surface area (Å²) in [4.78, 5) is 62.9. The number of piperidine rings is 1. The molecule has 3 aromatic rings. The van der Waals surface area contributed by atoms with Gasteiger partial charge >= 0.3 is 11.9 Å². The van der Waals surface area contributed by atoms with Gasteiger partial charge in [0.15, 0.2) is 5.78 Å². The highest BCUT2D eigenvalue weighted by Gasteiger charge is 2.69. The molecule has 4 N–H and O–H groups in total. The summed E-state index contributed by atoms with van der Waals surface area (Å²) in [5, 5.41) is 39.9. The molecule has 3 atom stereocenters. The fourth-order valence-corrected chi connectivity index (χ4v) is 5.08. The monoisotopic (exact) mass is 637 g/mol. The number of carboxylic acids is 2. The first-order valence-corrected chi connectivity index (χ1v) is 13.9. The van der Waals surface area contributed by atoms with E-state index in [1.54, 1.807) is 33.5 Å². The van der Waals surface area contributed by atoms with Gasteiger partial charge in [0.05, 0.1) is 33.8 Å². The zero-order valence-corrected chi connectivity index (χ0v) is 25.6. The number of carbonyl (C=O) groups excluding carboxylic acids is 3. The van der Waals surface area contributed by atoms with Crippen molar-refractivity contribution in [3.63, 3.8) is 0 Å². The maximum atomic E-state index is 12.6. The minimum atomic E-state index is -3.95. The van der Waals surface area contributed by atoms with E-state index in [1.807, 2.05) is 11.9 Å². The summed E-state index contributed by atoms with van der Waals surface area (Å²) in [5.41, 5.74) is -7.86. The molecular weight excluding hydrogens is 602 g/mol. The molecule has 1 heterocycles. The van der Waals surface area contributed by atoms with Gasteiger partial charge in [-0.2, -0.15) is 0 Å². The third-order valence-corrected chi connectivity index (χ3v) is 7.59. The number of likely N-dealkylation sites (tertiary alicyclic amines) is 1. The lowest BCUT2D eigenvalue weighted by atomic mass is 9.73. The highest BCUT2D eigenvalue weighted by atomic mass is 16.5. The van der Waals surface area contributed by atoms with Crippen molar-refractivity contribution in [1.29, 1.82) is 0 Å². The first-order chi connectivity index (χ1) is 21.8. The van der Waals surface area contributed by atoms with Crippen molar-refractivity contribution >= 4 is 29.3 Å². The van der Waals surface area contributed by atoms with E-state index in [2.05, 4.69) is 0 Å². The fourth-order valence-electron chi connectivity index (χ4n) is 5.08. The Morgan fingerprint density at radius 3 is 1.48 bits per heavy atom. The molecule has 3 aromatic carbocycles. The molecule has 4 rings (SSSR count). The van der Waals surface area contributed by atoms with Gasteiger partial charge in [0.1, 0.15) is 17.2 Å². The molecule has 13 heteroatoms. The summed E-state index contributed by atoms with van der Waals surface area (Å²) < 4.78 is 16.1. The van der Waals surface area contributed by atoms with Crippen molar-refractivity contribution in [2.75, 3.05) is 41.5 Å². The van der Waals surface area contributed by atoms with Crippen molar-refractivity contribution in [1.82, 2.24) is 4.90 Å². The van der Waals surface area contributed by atoms with Crippen molar-refractivity contribution in [2.45, 2.75) is 23.5 Å². The van der Waals surface area contributed by atoms with Crippen LogP contribution in [0.1, 0.15) is 38.6 Å². The van der Waals surface area contributed by atoms with E-state index >= 15 is 0 Å². The zero-order valence-electron chi connectivity index (χ0n) is 25.6. The molecule has 0 spiro atoms. The number of ether oxygens (including phenoxy) is 3. The first-order valence-electron chi connectivity index (χ1n) is 13.9. The first kappa shape index (κ1) is 35.4. The van der Waals surface area contributed by atoms with E-state index in [4.69, 9.17) is 14.2 Å². The molecule has 0 unspecified atom stereocenters. The van der Waals surface area contributed by atoms with Crippen LogP contribution in [-0.2, 0) is 14.4 Å². The largest absolute Gasteiger partial charge is 0.496 e. The summed E-state index contributed by atoms with van der Waals surface area (Å²) in [6.07, 6.45) is 0.772. The lowest BCUT2D eigenvalue weighted by molar-refractivity contribution is -0.187. The summed E-state index contributed by atoms with van der Waals surface area (Å²) in [5.74, 6) is -6.07. The third kappa shape index (κ3) is 6.76. The molecule has 0 aromatic heterocycles. The van der Waals surface area contributed by atoms with Crippen molar-refractivity contribution in [3.8, 4) is 17.2 Å². The van der Waals surface area contributed by atoms with E-state index in [0.29, 0.717) is 23.8 Å². The van der Waals surface area contributed by atoms with Gasteiger partial charge in [-0.3, -0.25) is 19.3 Å². The summed E-state index contributed by atoms with van der Waals surface area (Å²) >= 11 is 0. The van der Waals surface area contributed by atoms with Gasteiger partial charge in [-0.15, -0.1) is 0 Å². The van der Waals surface area contributed by atoms with Crippen LogP contribution in [-0.4, -0.2) is 107 Å². The van der Waals surface area contributed by atoms with Gasteiger partial charge in [-0.1, -0.05) is 60.7 Å². The Balaban J connectivity index is 0.000000259. The highest BCUT2D eigenvalue weighted by molar-refractivity contribution is 6.28. The van der Waals surface area contributed by atoms with Gasteiger partial charge in [-0.25, -0.2) is 9.59 Å². The molecule has 0 amide bonds. The predicted molar refractivity (Wildman–Crippen MR) is 163 cm³/mol. The number of likely N-dealkylation sites (N-methyl/N-ethyl adjacent to an activating group) is 1. The molecule has 0 bridgehead atoms. The van der Waals surface area contributed by atoms with E-state index < -0.39 is 45.8 Å². The molecule has 0 aliphatic carbocycles. The Morgan fingerprint density at radius 1 is 0.739 bits per heavy atom. The second kappa shape index (κ2) is 14.8. The Bertz CT molecular complexity index is 1490. The average molecular weight is 638 g/mol. The lowest BCUT2D eigenvalue weighted by Gasteiger charge is -2.34. The summed E-state index contributed by atoms with van der Waals surface area (Å²) in [6.45, 7) is 1.34. The van der Waals surface area contributed by atoms with E-state index in [9.17, 15) is 44.4 Å². The normalized spacial score (nSPS) is 17.3. The molecule has 0 saturated carbocycles. The maximum absolute atomic E-state index is 12.6. The Hall–Kier alpha value is -5.11. The lowest BCUT2D eigenvalue weighted by Crippen LogP contribution is -2.71. The van der Waals surface area contributed by atoms with Crippen LogP contribution >= 0.6 is 0 Å². The topological polar surface area (TPSA) is 197 Å². The fraction of sp³-hybridized carbons (Fsp3) is 0.303. The number of hydrogen-bond donors (Lipinski definition) is 4. The number of aliphatic carboxylic acids is 2. The van der Waals surface area contributed by atoms with Gasteiger partial charge in [-0.05, 0) is 20.0 Å². The average Bonchev–Trinajstić information content (AvgIpc) is 3.07. The molecule has 0 radical (unpaired) electrons. The number of carbonyl (C=O) groups is 5. The van der Waals surface area contributed by atoms with Crippen LogP contribution in [0.5, 0.6) is 17.2 Å². The standard InChI is InChI=1S/C18H14O8.C15H21NO4/c19-13(11-7-3-1-4-8-11)17(25,15(21)22)18(26,16(23)24)14(20)12-9-5-2-6-10-12;1-16-6-5-11(12(17)9-16)15-13(19-3)7-10(18-2)8-14(15)20-4/h1-10,25-26H,(H,21,22)(H,23,24);7-8,11H,5-6,9H2,1-4H3/t17-,18-;11-/m10/s1. The Labute approximate surface area is 264 Å².